The molecule has 8 heteroatoms. The Morgan fingerprint density at radius 2 is 1.78 bits per heavy atom. The van der Waals surface area contributed by atoms with Gasteiger partial charge in [0.05, 0.1) is 11.1 Å². The zero-order valence-electron chi connectivity index (χ0n) is 23.7. The van der Waals surface area contributed by atoms with Gasteiger partial charge in [-0.3, -0.25) is 4.79 Å². The SMILES string of the molecule is CC1(C)ON=C(C(N)=O)c2ccc(-c3ccc(F)cc3)cc21.Clc1cc(CCCN2CCCC2)ccc1OC1CC1. The molecule has 6 nitrogen and oxygen atoms in total. The normalized spacial score (nSPS) is 17.5. The predicted octanol–water partition coefficient (Wildman–Crippen LogP) is 6.86. The number of benzene rings is 3. The lowest BCUT2D eigenvalue weighted by Crippen LogP contribution is -2.34. The molecule has 6 rings (SSSR count). The molecule has 3 aliphatic rings. The molecule has 3 aromatic carbocycles. The first-order valence-electron chi connectivity index (χ1n) is 14.3. The first-order chi connectivity index (χ1) is 19.7. The van der Waals surface area contributed by atoms with Gasteiger partial charge in [-0.05, 0) is 119 Å². The highest BCUT2D eigenvalue weighted by Crippen LogP contribution is 2.36. The molecule has 3 aromatic rings. The zero-order chi connectivity index (χ0) is 29.0. The summed E-state index contributed by atoms with van der Waals surface area (Å²) in [6.07, 6.45) is 7.84. The van der Waals surface area contributed by atoms with Gasteiger partial charge in [-0.2, -0.15) is 0 Å². The monoisotopic (exact) mass is 577 g/mol. The predicted molar refractivity (Wildman–Crippen MR) is 161 cm³/mol. The standard InChI is InChI=1S/C17H15FN2O2.C16H22ClNO/c1-17(2)14-9-11(10-3-6-12(18)7-4-10)5-8-13(14)15(16(19)21)20-22-17;17-15-12-13(4-3-11-18-9-1-2-10-18)5-8-16(15)19-14-6-7-14/h3-9H,1-2H3,(H2,19,21);5,8,12,14H,1-4,6-7,9-11H2. The second-order valence-electron chi connectivity index (χ2n) is 11.4. The number of aryl methyl sites for hydroxylation is 1. The third kappa shape index (κ3) is 7.46. The van der Waals surface area contributed by atoms with E-state index < -0.39 is 11.5 Å². The number of nitrogens with two attached hydrogens (primary N) is 1. The minimum Gasteiger partial charge on any atom is -0.489 e. The van der Waals surface area contributed by atoms with E-state index in [1.165, 1.54) is 69.4 Å². The zero-order valence-corrected chi connectivity index (χ0v) is 24.4. The second-order valence-corrected chi connectivity index (χ2v) is 11.8. The maximum absolute atomic E-state index is 13.1. The van der Waals surface area contributed by atoms with E-state index in [2.05, 4.69) is 22.2 Å². The lowest BCUT2D eigenvalue weighted by Gasteiger charge is -2.30. The molecule has 1 saturated heterocycles. The van der Waals surface area contributed by atoms with Crippen molar-refractivity contribution in [3.05, 3.63) is 88.2 Å². The fraction of sp³-hybridized carbons (Fsp3) is 0.394. The van der Waals surface area contributed by atoms with Gasteiger partial charge in [-0.15, -0.1) is 0 Å². The number of rotatable bonds is 8. The topological polar surface area (TPSA) is 77.2 Å². The highest BCUT2D eigenvalue weighted by molar-refractivity contribution is 6.45. The Bertz CT molecular complexity index is 1410. The third-order valence-electron chi connectivity index (χ3n) is 7.65. The van der Waals surface area contributed by atoms with Gasteiger partial charge in [0, 0.05) is 11.1 Å². The molecule has 1 aliphatic carbocycles. The Kier molecular flexibility index (Phi) is 8.95. The number of primary amides is 1. The molecule has 41 heavy (non-hydrogen) atoms. The van der Waals surface area contributed by atoms with Crippen LogP contribution in [0.5, 0.6) is 5.75 Å². The van der Waals surface area contributed by atoms with E-state index in [0.29, 0.717) is 11.7 Å². The molecule has 0 radical (unpaired) electrons. The van der Waals surface area contributed by atoms with Gasteiger partial charge >= 0.3 is 0 Å². The number of hydrogen-bond donors (Lipinski definition) is 1. The minimum atomic E-state index is -0.676. The Labute approximate surface area is 246 Å². The Balaban J connectivity index is 0.000000166. The van der Waals surface area contributed by atoms with Crippen LogP contribution >= 0.6 is 11.6 Å². The fourth-order valence-electron chi connectivity index (χ4n) is 5.18. The highest BCUT2D eigenvalue weighted by atomic mass is 35.5. The van der Waals surface area contributed by atoms with Crippen molar-refractivity contribution in [1.82, 2.24) is 4.90 Å². The molecule has 2 N–H and O–H groups in total. The molecule has 0 spiro atoms. The second kappa shape index (κ2) is 12.6. The quantitative estimate of drug-likeness (QED) is 0.317. The summed E-state index contributed by atoms with van der Waals surface area (Å²) in [5, 5.41) is 4.60. The van der Waals surface area contributed by atoms with Crippen molar-refractivity contribution in [2.75, 3.05) is 19.6 Å². The summed E-state index contributed by atoms with van der Waals surface area (Å²) >= 11 is 6.27. The molecule has 1 amide bonds. The van der Waals surface area contributed by atoms with Gasteiger partial charge in [-0.25, -0.2) is 4.39 Å². The highest BCUT2D eigenvalue weighted by Gasteiger charge is 2.34. The van der Waals surface area contributed by atoms with Crippen molar-refractivity contribution in [3.8, 4) is 16.9 Å². The van der Waals surface area contributed by atoms with Gasteiger partial charge in [0.25, 0.3) is 5.91 Å². The van der Waals surface area contributed by atoms with Gasteiger partial charge in [0.2, 0.25) is 0 Å². The van der Waals surface area contributed by atoms with Crippen LogP contribution in [0.1, 0.15) is 62.6 Å². The molecule has 2 fully saturated rings. The van der Waals surface area contributed by atoms with Crippen molar-refractivity contribution >= 4 is 23.2 Å². The maximum Gasteiger partial charge on any atom is 0.271 e. The van der Waals surface area contributed by atoms with Gasteiger partial charge < -0.3 is 20.2 Å². The van der Waals surface area contributed by atoms with Crippen LogP contribution in [0, 0.1) is 5.82 Å². The van der Waals surface area contributed by atoms with Crippen LogP contribution in [-0.4, -0.2) is 42.3 Å². The number of halogens is 2. The summed E-state index contributed by atoms with van der Waals surface area (Å²) in [5.41, 5.74) is 9.37. The largest absolute Gasteiger partial charge is 0.489 e. The number of carbonyl (C=O) groups excluding carboxylic acids is 1. The van der Waals surface area contributed by atoms with Gasteiger partial charge in [-0.1, -0.05) is 47.1 Å². The smallest absolute Gasteiger partial charge is 0.271 e. The van der Waals surface area contributed by atoms with E-state index in [1.807, 2.05) is 32.0 Å². The number of amides is 1. The number of likely N-dealkylation sites (tertiary alicyclic amines) is 1. The first kappa shape index (κ1) is 29.1. The van der Waals surface area contributed by atoms with Crippen molar-refractivity contribution in [1.29, 1.82) is 0 Å². The summed E-state index contributed by atoms with van der Waals surface area (Å²) in [6.45, 7) is 7.52. The van der Waals surface area contributed by atoms with Crippen molar-refractivity contribution < 1.29 is 18.8 Å². The summed E-state index contributed by atoms with van der Waals surface area (Å²) in [4.78, 5) is 19.5. The van der Waals surface area contributed by atoms with E-state index in [-0.39, 0.29) is 11.5 Å². The molecular weight excluding hydrogens is 541 g/mol. The molecule has 2 heterocycles. The van der Waals surface area contributed by atoms with Crippen molar-refractivity contribution in [2.45, 2.75) is 64.1 Å². The van der Waals surface area contributed by atoms with Crippen LogP contribution in [0.4, 0.5) is 4.39 Å². The first-order valence-corrected chi connectivity index (χ1v) is 14.7. The van der Waals surface area contributed by atoms with E-state index in [9.17, 15) is 9.18 Å². The third-order valence-corrected chi connectivity index (χ3v) is 7.95. The van der Waals surface area contributed by atoms with Gasteiger partial charge in [0.1, 0.15) is 11.6 Å². The van der Waals surface area contributed by atoms with Crippen molar-refractivity contribution in [3.63, 3.8) is 0 Å². The number of ether oxygens (including phenoxy) is 1. The lowest BCUT2D eigenvalue weighted by molar-refractivity contribution is -0.112. The Morgan fingerprint density at radius 3 is 2.44 bits per heavy atom. The molecule has 0 aromatic heterocycles. The number of hydrogen-bond acceptors (Lipinski definition) is 5. The van der Waals surface area contributed by atoms with Crippen molar-refractivity contribution in [2.24, 2.45) is 10.9 Å². The van der Waals surface area contributed by atoms with Crippen LogP contribution in [-0.2, 0) is 21.7 Å². The number of nitrogens with zero attached hydrogens (tertiary/aromatic N) is 2. The Hall–Kier alpha value is -3.42. The summed E-state index contributed by atoms with van der Waals surface area (Å²) in [6, 6.07) is 18.1. The van der Waals surface area contributed by atoms with E-state index in [0.717, 1.165) is 33.9 Å². The van der Waals surface area contributed by atoms with Crippen LogP contribution < -0.4 is 10.5 Å². The fourth-order valence-corrected chi connectivity index (χ4v) is 5.43. The van der Waals surface area contributed by atoms with Crippen LogP contribution in [0.3, 0.4) is 0 Å². The minimum absolute atomic E-state index is 0.111. The average Bonchev–Trinajstić information content (AvgIpc) is 3.62. The summed E-state index contributed by atoms with van der Waals surface area (Å²) in [5.74, 6) is -0.0627. The molecule has 2 aliphatic heterocycles. The molecule has 216 valence electrons. The van der Waals surface area contributed by atoms with E-state index in [4.69, 9.17) is 26.9 Å². The van der Waals surface area contributed by atoms with Gasteiger partial charge in [0.15, 0.2) is 11.3 Å². The molecule has 0 unspecified atom stereocenters. The Morgan fingerprint density at radius 1 is 1.07 bits per heavy atom. The molecule has 0 atom stereocenters. The summed E-state index contributed by atoms with van der Waals surface area (Å²) in [7, 11) is 0. The molecule has 0 bridgehead atoms. The van der Waals surface area contributed by atoms with Crippen LogP contribution in [0.2, 0.25) is 5.02 Å². The number of carbonyl (C=O) groups is 1. The summed E-state index contributed by atoms with van der Waals surface area (Å²) < 4.78 is 18.8. The molecule has 1 saturated carbocycles. The van der Waals surface area contributed by atoms with E-state index in [1.54, 1.807) is 18.2 Å². The number of fused-ring (bicyclic) bond motifs is 1. The maximum atomic E-state index is 13.1. The van der Waals surface area contributed by atoms with Crippen LogP contribution in [0.15, 0.2) is 65.8 Å². The molecular formula is C33H37ClFN3O3. The van der Waals surface area contributed by atoms with E-state index >= 15 is 0 Å². The van der Waals surface area contributed by atoms with Crippen LogP contribution in [0.25, 0.3) is 11.1 Å². The lowest BCUT2D eigenvalue weighted by atomic mass is 9.87. The number of oxime groups is 1. The average molecular weight is 578 g/mol.